The van der Waals surface area contributed by atoms with Crippen molar-refractivity contribution >= 4 is 137 Å². The van der Waals surface area contributed by atoms with Crippen LogP contribution in [-0.4, -0.2) is 17.2 Å². The van der Waals surface area contributed by atoms with Gasteiger partial charge < -0.3 is 18.9 Å². The summed E-state index contributed by atoms with van der Waals surface area (Å²) < 4.78 is 13.8. The van der Waals surface area contributed by atoms with Crippen molar-refractivity contribution in [3.8, 4) is 55.6 Å². The summed E-state index contributed by atoms with van der Waals surface area (Å²) in [5.74, 6) is 0. The largest absolute Gasteiger partial charge is 0.489 e. The number of rotatable bonds is 6. The zero-order valence-corrected chi connectivity index (χ0v) is 50.3. The van der Waals surface area contributed by atoms with Crippen molar-refractivity contribution in [3.05, 3.63) is 320 Å². The molecular weight excluding hydrogens is 1160 g/mol. The molecule has 0 bridgehead atoms. The molecule has 0 unspecified atom stereocenters. The fraction of sp³-hybridized carbons (Fsp3) is 0. The van der Waals surface area contributed by atoms with Crippen LogP contribution in [0.3, 0.4) is 0 Å². The molecule has 0 fully saturated rings. The molecule has 0 spiro atoms. The Balaban J connectivity index is 0.000000117. The normalized spacial score (nSPS) is 11.5. The van der Waals surface area contributed by atoms with Crippen molar-refractivity contribution in [1.82, 2.24) is 0 Å². The zero-order valence-electron chi connectivity index (χ0n) is 48.7. The van der Waals surface area contributed by atoms with Gasteiger partial charge in [0, 0.05) is 36.8 Å². The van der Waals surface area contributed by atoms with Gasteiger partial charge in [-0.05, 0) is 170 Å². The van der Waals surface area contributed by atoms with E-state index in [-0.39, 0.29) is 0 Å². The van der Waals surface area contributed by atoms with Crippen molar-refractivity contribution in [2.24, 2.45) is 0 Å². The predicted octanol–water partition coefficient (Wildman–Crippen LogP) is 22.6. The van der Waals surface area contributed by atoms with E-state index in [9.17, 15) is 10.0 Å². The Labute approximate surface area is 528 Å². The van der Waals surface area contributed by atoms with Crippen LogP contribution in [0.2, 0.25) is 0 Å². The minimum atomic E-state index is -1.50. The van der Waals surface area contributed by atoms with Crippen LogP contribution >= 0.6 is 15.9 Å². The van der Waals surface area contributed by atoms with Gasteiger partial charge in [-0.15, -0.1) is 0 Å². The summed E-state index contributed by atoms with van der Waals surface area (Å²) in [5, 5.41) is 38.1. The Morgan fingerprint density at radius 3 is 0.989 bits per heavy atom. The Morgan fingerprint density at radius 2 is 0.556 bits per heavy atom. The second-order valence-electron chi connectivity index (χ2n) is 22.9. The molecule has 0 amide bonds. The van der Waals surface area contributed by atoms with E-state index >= 15 is 0 Å². The third-order valence-corrected chi connectivity index (χ3v) is 18.2. The monoisotopic (exact) mass is 1220 g/mol. The molecule has 2 N–H and O–H groups in total. The second kappa shape index (κ2) is 23.0. The Morgan fingerprint density at radius 1 is 0.233 bits per heavy atom. The number of hydrogen-bond donors (Lipinski definition) is 2. The molecule has 0 saturated heterocycles. The van der Waals surface area contributed by atoms with Crippen LogP contribution in [-0.2, 0) is 0 Å². The summed E-state index contributed by atoms with van der Waals surface area (Å²) >= 11 is 3.54. The number of halogens is 1. The third kappa shape index (κ3) is 9.66. The van der Waals surface area contributed by atoms with Gasteiger partial charge >= 0.3 is 7.12 Å². The highest BCUT2D eigenvalue weighted by Gasteiger charge is 2.23. The lowest BCUT2D eigenvalue weighted by molar-refractivity contribution is 0.426. The molecule has 90 heavy (non-hydrogen) atoms. The van der Waals surface area contributed by atoms with Crippen LogP contribution in [0.15, 0.2) is 329 Å². The number of benzene rings is 16. The molecule has 0 radical (unpaired) electrons. The van der Waals surface area contributed by atoms with Crippen molar-refractivity contribution < 1.29 is 18.9 Å². The van der Waals surface area contributed by atoms with Gasteiger partial charge in [-0.25, -0.2) is 0 Å². The smallest absolute Gasteiger partial charge is 0.455 e. The highest BCUT2D eigenvalue weighted by atomic mass is 79.9. The Bertz CT molecular complexity index is 5680. The van der Waals surface area contributed by atoms with Crippen molar-refractivity contribution in [3.63, 3.8) is 0 Å². The van der Waals surface area contributed by atoms with E-state index in [4.69, 9.17) is 8.83 Å². The van der Waals surface area contributed by atoms with E-state index in [0.29, 0.717) is 5.46 Å². The van der Waals surface area contributed by atoms with Gasteiger partial charge in [-0.2, -0.15) is 0 Å². The fourth-order valence-electron chi connectivity index (χ4n) is 13.6. The maximum absolute atomic E-state index is 9.94. The van der Waals surface area contributed by atoms with Gasteiger partial charge in [0.1, 0.15) is 22.3 Å². The van der Waals surface area contributed by atoms with Gasteiger partial charge in [0.25, 0.3) is 0 Å². The topological polar surface area (TPSA) is 66.7 Å². The van der Waals surface area contributed by atoms with Crippen LogP contribution < -0.4 is 5.46 Å². The molecule has 2 aromatic heterocycles. The van der Waals surface area contributed by atoms with Crippen LogP contribution in [0.25, 0.3) is 164 Å². The molecule has 0 aliphatic carbocycles. The maximum Gasteiger partial charge on any atom is 0.489 e. The van der Waals surface area contributed by atoms with E-state index in [2.05, 4.69) is 259 Å². The van der Waals surface area contributed by atoms with Gasteiger partial charge in [0.15, 0.2) is 0 Å². The lowest BCUT2D eigenvalue weighted by Crippen LogP contribution is -2.31. The van der Waals surface area contributed by atoms with Crippen LogP contribution in [0.5, 0.6) is 0 Å². The molecule has 0 saturated carbocycles. The van der Waals surface area contributed by atoms with Gasteiger partial charge in [-0.3, -0.25) is 0 Å². The van der Waals surface area contributed by atoms with Crippen LogP contribution in [0, 0.1) is 0 Å². The average molecular weight is 1220 g/mol. The first-order chi connectivity index (χ1) is 44.4. The summed E-state index contributed by atoms with van der Waals surface area (Å²) in [7, 11) is -1.50. The summed E-state index contributed by atoms with van der Waals surface area (Å²) in [4.78, 5) is 0. The van der Waals surface area contributed by atoms with Gasteiger partial charge in [0.05, 0.1) is 0 Å². The highest BCUT2D eigenvalue weighted by Crippen LogP contribution is 2.45. The standard InChI is InChI=1S/C42H26O.C22H13BrO.C20H15BO2/c1-2-12-28(13-3-1)40-34-17-6-8-19-36(34)41(37-20-9-7-18-35(37)40)31-15-10-14-29(25-31)30-22-23-33-38-24-21-27-11-4-5-16-32(27)42(38)43-39(33)26-30;23-17-6-3-5-15(12-17)16-9-10-19-20-11-8-14-4-1-2-7-18(14)22(20)24-21(19)13-16;22-21(23)20-17-12-6-4-10-15(17)19(14-8-2-1-3-9-14)16-11-5-7-13-18(16)20/h1-26H;1-13H;1-13,22-23H. The second-order valence-corrected chi connectivity index (χ2v) is 23.8. The average Bonchev–Trinajstić information content (AvgIpc) is 2.08. The highest BCUT2D eigenvalue weighted by molar-refractivity contribution is 9.10. The van der Waals surface area contributed by atoms with Gasteiger partial charge in [0.2, 0.25) is 0 Å². The first-order valence-corrected chi connectivity index (χ1v) is 31.1. The number of fused-ring (bicyclic) bond motifs is 14. The lowest BCUT2D eigenvalue weighted by Gasteiger charge is -2.18. The molecular formula is C84H54BBrO4. The van der Waals surface area contributed by atoms with Crippen molar-refractivity contribution in [2.45, 2.75) is 0 Å². The molecule has 0 atom stereocenters. The summed E-state index contributed by atoms with van der Waals surface area (Å²) in [5.41, 5.74) is 16.2. The molecule has 0 aliphatic rings. The molecule has 4 nitrogen and oxygen atoms in total. The fourth-order valence-corrected chi connectivity index (χ4v) is 14.0. The Hall–Kier alpha value is -10.9. The predicted molar refractivity (Wildman–Crippen MR) is 384 cm³/mol. The van der Waals surface area contributed by atoms with Crippen LogP contribution in [0.4, 0.5) is 0 Å². The molecule has 2 heterocycles. The first-order valence-electron chi connectivity index (χ1n) is 30.3. The SMILES string of the molecule is Brc1cccc(-c2ccc3c(c2)oc2c4ccccc4ccc32)c1.OB(O)c1c2ccccc2c(-c2ccccc2)c2ccccc12.c1ccc(-c2c3ccccc3c(-c3cccc(-c4ccc5c(c4)oc4c6ccccc6ccc54)c3)c3ccccc23)cc1. The molecule has 6 heteroatoms. The van der Waals surface area contributed by atoms with E-state index in [0.717, 1.165) is 97.5 Å². The van der Waals surface area contributed by atoms with E-state index in [1.807, 2.05) is 72.8 Å². The minimum absolute atomic E-state index is 0.566. The maximum atomic E-state index is 9.94. The molecule has 18 rings (SSSR count). The summed E-state index contributed by atoms with van der Waals surface area (Å²) in [6.07, 6.45) is 0. The first kappa shape index (κ1) is 54.5. The molecule has 0 aliphatic heterocycles. The van der Waals surface area contributed by atoms with E-state index in [1.54, 1.807) is 0 Å². The quantitative estimate of drug-likeness (QED) is 0.129. The van der Waals surface area contributed by atoms with E-state index in [1.165, 1.54) is 71.1 Å². The van der Waals surface area contributed by atoms with Crippen molar-refractivity contribution in [1.29, 1.82) is 0 Å². The third-order valence-electron chi connectivity index (χ3n) is 17.7. The van der Waals surface area contributed by atoms with E-state index < -0.39 is 7.12 Å². The lowest BCUT2D eigenvalue weighted by atomic mass is 9.72. The van der Waals surface area contributed by atoms with Gasteiger partial charge in [-0.1, -0.05) is 277 Å². The number of hydrogen-bond acceptors (Lipinski definition) is 4. The summed E-state index contributed by atoms with van der Waals surface area (Å²) in [6, 6.07) is 110. The minimum Gasteiger partial charge on any atom is -0.455 e. The Kier molecular flexibility index (Phi) is 13.9. The number of furan rings is 2. The molecule has 424 valence electrons. The molecule has 16 aromatic carbocycles. The summed E-state index contributed by atoms with van der Waals surface area (Å²) in [6.45, 7) is 0. The molecule has 18 aromatic rings. The van der Waals surface area contributed by atoms with Crippen molar-refractivity contribution in [2.75, 3.05) is 0 Å². The van der Waals surface area contributed by atoms with Crippen LogP contribution in [0.1, 0.15) is 0 Å². The zero-order chi connectivity index (χ0) is 60.2.